The number of nitrogens with zero attached hydrogens (tertiary/aromatic N) is 2. The van der Waals surface area contributed by atoms with Gasteiger partial charge in [-0.05, 0) is 93.4 Å². The number of sulfonamides is 1. The van der Waals surface area contributed by atoms with Crippen LogP contribution in [-0.4, -0.2) is 57.5 Å². The van der Waals surface area contributed by atoms with E-state index in [4.69, 9.17) is 9.47 Å². The number of ether oxygens (including phenoxy) is 2. The quantitative estimate of drug-likeness (QED) is 0.287. The highest BCUT2D eigenvalue weighted by atomic mass is 32.2. The van der Waals surface area contributed by atoms with Crippen molar-refractivity contribution in [2.45, 2.75) is 57.6 Å². The second-order valence-corrected chi connectivity index (χ2v) is 11.6. The van der Waals surface area contributed by atoms with E-state index in [2.05, 4.69) is 5.32 Å². The van der Waals surface area contributed by atoms with E-state index < -0.39 is 34.3 Å². The third-order valence-corrected chi connectivity index (χ3v) is 8.56. The highest BCUT2D eigenvalue weighted by molar-refractivity contribution is 7.92. The molecular weight excluding hydrogens is 561 g/mol. The highest BCUT2D eigenvalue weighted by Crippen LogP contribution is 2.26. The van der Waals surface area contributed by atoms with Crippen molar-refractivity contribution in [1.82, 2.24) is 10.2 Å². The third kappa shape index (κ3) is 8.22. The maximum Gasteiger partial charge on any atom is 0.264 e. The predicted octanol–water partition coefficient (Wildman–Crippen LogP) is 4.76. The number of hydrogen-bond acceptors (Lipinski definition) is 6. The summed E-state index contributed by atoms with van der Waals surface area (Å²) in [5.74, 6) is -0.487. The SMILES string of the molecule is CCOc1ccc(S(=O)(=O)N(CC(=O)N(Cc2cccc(OC)c2)[C@@H](C)C(=O)N[C@H](C)CC)c2ccc(F)cc2)cc1. The summed E-state index contributed by atoms with van der Waals surface area (Å²) in [5, 5.41) is 2.89. The summed E-state index contributed by atoms with van der Waals surface area (Å²) in [6.07, 6.45) is 0.695. The molecule has 1 N–H and O–H groups in total. The summed E-state index contributed by atoms with van der Waals surface area (Å²) >= 11 is 0. The van der Waals surface area contributed by atoms with Crippen molar-refractivity contribution in [3.05, 3.63) is 84.2 Å². The minimum Gasteiger partial charge on any atom is -0.497 e. The maximum absolute atomic E-state index is 14.0. The largest absolute Gasteiger partial charge is 0.497 e. The number of carbonyl (C=O) groups excluding carboxylic acids is 2. The Balaban J connectivity index is 2.02. The first-order valence-corrected chi connectivity index (χ1v) is 15.2. The summed E-state index contributed by atoms with van der Waals surface area (Å²) in [6, 6.07) is 16.7. The Labute approximate surface area is 247 Å². The molecule has 0 aliphatic rings. The molecule has 0 radical (unpaired) electrons. The van der Waals surface area contributed by atoms with E-state index in [1.807, 2.05) is 20.8 Å². The van der Waals surface area contributed by atoms with Crippen LogP contribution in [0.15, 0.2) is 77.7 Å². The lowest BCUT2D eigenvalue weighted by Gasteiger charge is -2.32. The van der Waals surface area contributed by atoms with Gasteiger partial charge in [0.25, 0.3) is 10.0 Å². The van der Waals surface area contributed by atoms with Crippen molar-refractivity contribution >= 4 is 27.5 Å². The molecule has 0 saturated heterocycles. The monoisotopic (exact) mass is 599 g/mol. The van der Waals surface area contributed by atoms with Gasteiger partial charge >= 0.3 is 0 Å². The fraction of sp³-hybridized carbons (Fsp3) is 0.355. The molecule has 0 aliphatic heterocycles. The normalized spacial score (nSPS) is 12.6. The first kappa shape index (κ1) is 32.4. The van der Waals surface area contributed by atoms with Crippen molar-refractivity contribution in [2.24, 2.45) is 0 Å². The number of halogens is 1. The Morgan fingerprint density at radius 3 is 2.21 bits per heavy atom. The third-order valence-electron chi connectivity index (χ3n) is 6.77. The average Bonchev–Trinajstić information content (AvgIpc) is 2.99. The zero-order chi connectivity index (χ0) is 30.9. The zero-order valence-corrected chi connectivity index (χ0v) is 25.4. The Morgan fingerprint density at radius 1 is 0.952 bits per heavy atom. The number of rotatable bonds is 14. The summed E-state index contributed by atoms with van der Waals surface area (Å²) in [7, 11) is -2.77. The molecule has 2 amide bonds. The van der Waals surface area contributed by atoms with Crippen molar-refractivity contribution in [2.75, 3.05) is 24.6 Å². The molecule has 3 aromatic carbocycles. The van der Waals surface area contributed by atoms with Gasteiger partial charge in [0.05, 0.1) is 24.3 Å². The van der Waals surface area contributed by atoms with E-state index in [1.54, 1.807) is 31.2 Å². The van der Waals surface area contributed by atoms with Gasteiger partial charge in [-0.2, -0.15) is 0 Å². The second-order valence-electron chi connectivity index (χ2n) is 9.76. The standard InChI is InChI=1S/C31H38FN3O6S/c1-6-22(3)33-31(37)23(4)34(20-24-9-8-10-28(19-24)40-5)30(36)21-35(26-13-11-25(32)12-14-26)42(38,39)29-17-15-27(16-18-29)41-7-2/h8-19,22-23H,6-7,20-21H2,1-5H3,(H,33,37)/t22-,23+/m1/s1. The second kappa shape index (κ2) is 14.7. The number of amides is 2. The number of carbonyl (C=O) groups is 2. The van der Waals surface area contributed by atoms with Gasteiger partial charge in [0, 0.05) is 12.6 Å². The molecule has 2 atom stereocenters. The van der Waals surface area contributed by atoms with Crippen LogP contribution in [0.4, 0.5) is 10.1 Å². The van der Waals surface area contributed by atoms with Crippen LogP contribution >= 0.6 is 0 Å². The molecule has 42 heavy (non-hydrogen) atoms. The summed E-state index contributed by atoms with van der Waals surface area (Å²) < 4.78 is 53.3. The molecular formula is C31H38FN3O6S. The van der Waals surface area contributed by atoms with Gasteiger partial charge in [0.1, 0.15) is 29.9 Å². The average molecular weight is 600 g/mol. The van der Waals surface area contributed by atoms with Crippen molar-refractivity contribution in [3.8, 4) is 11.5 Å². The van der Waals surface area contributed by atoms with E-state index >= 15 is 0 Å². The number of nitrogens with one attached hydrogen (secondary N) is 1. The molecule has 226 valence electrons. The van der Waals surface area contributed by atoms with Gasteiger partial charge in [-0.25, -0.2) is 12.8 Å². The molecule has 9 nitrogen and oxygen atoms in total. The van der Waals surface area contributed by atoms with E-state index in [1.165, 1.54) is 48.4 Å². The van der Waals surface area contributed by atoms with Crippen molar-refractivity contribution < 1.29 is 31.9 Å². The van der Waals surface area contributed by atoms with Crippen LogP contribution in [0.2, 0.25) is 0 Å². The number of methoxy groups -OCH3 is 1. The van der Waals surface area contributed by atoms with E-state index in [9.17, 15) is 22.4 Å². The van der Waals surface area contributed by atoms with Crippen LogP contribution in [0.5, 0.6) is 11.5 Å². The smallest absolute Gasteiger partial charge is 0.264 e. The Morgan fingerprint density at radius 2 is 1.62 bits per heavy atom. The van der Waals surface area contributed by atoms with Gasteiger partial charge in [0.2, 0.25) is 11.8 Å². The molecule has 0 saturated carbocycles. The van der Waals surface area contributed by atoms with Gasteiger partial charge < -0.3 is 19.7 Å². The first-order chi connectivity index (χ1) is 20.0. The molecule has 0 unspecified atom stereocenters. The fourth-order valence-corrected chi connectivity index (χ4v) is 5.57. The van der Waals surface area contributed by atoms with Crippen molar-refractivity contribution in [1.29, 1.82) is 0 Å². The fourth-order valence-electron chi connectivity index (χ4n) is 4.15. The Kier molecular flexibility index (Phi) is 11.3. The highest BCUT2D eigenvalue weighted by Gasteiger charge is 2.33. The van der Waals surface area contributed by atoms with Gasteiger partial charge in [0.15, 0.2) is 0 Å². The number of hydrogen-bond donors (Lipinski definition) is 1. The van der Waals surface area contributed by atoms with Crippen LogP contribution in [0.25, 0.3) is 0 Å². The molecule has 0 fully saturated rings. The van der Waals surface area contributed by atoms with E-state index in [0.717, 1.165) is 16.4 Å². The lowest BCUT2D eigenvalue weighted by atomic mass is 10.1. The van der Waals surface area contributed by atoms with Crippen LogP contribution in [-0.2, 0) is 26.2 Å². The van der Waals surface area contributed by atoms with Crippen molar-refractivity contribution in [3.63, 3.8) is 0 Å². The minimum atomic E-state index is -4.29. The summed E-state index contributed by atoms with van der Waals surface area (Å²) in [6.45, 7) is 7.00. The molecule has 0 heterocycles. The van der Waals surface area contributed by atoms with Crippen LogP contribution in [0.1, 0.15) is 39.7 Å². The van der Waals surface area contributed by atoms with Gasteiger partial charge in [-0.3, -0.25) is 13.9 Å². The van der Waals surface area contributed by atoms with Gasteiger partial charge in [-0.1, -0.05) is 19.1 Å². The van der Waals surface area contributed by atoms with Crippen LogP contribution in [0, 0.1) is 5.82 Å². The number of benzene rings is 3. The molecule has 0 aliphatic carbocycles. The minimum absolute atomic E-state index is 0.0193. The zero-order valence-electron chi connectivity index (χ0n) is 24.5. The number of anilines is 1. The Bertz CT molecular complexity index is 1450. The van der Waals surface area contributed by atoms with Gasteiger partial charge in [-0.15, -0.1) is 0 Å². The van der Waals surface area contributed by atoms with Crippen LogP contribution in [0.3, 0.4) is 0 Å². The molecule has 11 heteroatoms. The van der Waals surface area contributed by atoms with Crippen LogP contribution < -0.4 is 19.1 Å². The first-order valence-electron chi connectivity index (χ1n) is 13.7. The molecule has 3 aromatic rings. The van der Waals surface area contributed by atoms with E-state index in [-0.39, 0.29) is 29.1 Å². The lowest BCUT2D eigenvalue weighted by Crippen LogP contribution is -2.52. The topological polar surface area (TPSA) is 105 Å². The molecule has 0 aromatic heterocycles. The molecule has 0 bridgehead atoms. The summed E-state index contributed by atoms with van der Waals surface area (Å²) in [4.78, 5) is 28.4. The summed E-state index contributed by atoms with van der Waals surface area (Å²) in [5.41, 5.74) is 0.783. The molecule has 3 rings (SSSR count). The lowest BCUT2D eigenvalue weighted by molar-refractivity contribution is -0.139. The maximum atomic E-state index is 14.0. The molecule has 0 spiro atoms. The van der Waals surface area contributed by atoms with E-state index in [0.29, 0.717) is 30.1 Å². The Hall–Kier alpha value is -4.12. The predicted molar refractivity (Wildman–Crippen MR) is 159 cm³/mol.